The summed E-state index contributed by atoms with van der Waals surface area (Å²) in [5.41, 5.74) is 3.57. The summed E-state index contributed by atoms with van der Waals surface area (Å²) in [5.74, 6) is -0.394. The van der Waals surface area contributed by atoms with Crippen molar-refractivity contribution in [1.29, 1.82) is 0 Å². The third-order valence-electron chi connectivity index (χ3n) is 5.45. The predicted octanol–water partition coefficient (Wildman–Crippen LogP) is 6.63. The largest absolute Gasteiger partial charge is 0.493 e. The van der Waals surface area contributed by atoms with Crippen molar-refractivity contribution in [3.8, 4) is 11.5 Å². The molecule has 11 heteroatoms. The molecule has 0 aliphatic heterocycles. The maximum absolute atomic E-state index is 13.4. The van der Waals surface area contributed by atoms with Crippen molar-refractivity contribution in [3.63, 3.8) is 0 Å². The van der Waals surface area contributed by atoms with Gasteiger partial charge < -0.3 is 9.47 Å². The lowest BCUT2D eigenvalue weighted by molar-refractivity contribution is -0.143. The number of amides is 1. The van der Waals surface area contributed by atoms with E-state index in [9.17, 15) is 31.1 Å². The van der Waals surface area contributed by atoms with E-state index in [1.54, 1.807) is 31.2 Å². The number of hydrogen-bond acceptors (Lipinski definition) is 4. The quantitative estimate of drug-likeness (QED) is 0.243. The molecule has 1 amide bonds. The molecule has 0 bridgehead atoms. The lowest BCUT2D eigenvalue weighted by Gasteiger charge is -2.18. The number of ether oxygens (including phenoxy) is 2. The second-order valence-electron chi connectivity index (χ2n) is 8.23. The number of carbonyl (C=O) groups excluding carboxylic acids is 1. The van der Waals surface area contributed by atoms with Gasteiger partial charge in [0.2, 0.25) is 5.91 Å². The van der Waals surface area contributed by atoms with Crippen molar-refractivity contribution in [1.82, 2.24) is 5.43 Å². The van der Waals surface area contributed by atoms with Crippen molar-refractivity contribution in [3.05, 3.63) is 89.0 Å². The number of hydrazine groups is 1. The van der Waals surface area contributed by atoms with Crippen LogP contribution in [0.5, 0.6) is 11.5 Å². The Morgan fingerprint density at radius 1 is 0.892 bits per heavy atom. The third-order valence-corrected chi connectivity index (χ3v) is 5.45. The monoisotopic (exact) mass is 526 g/mol. The molecule has 2 N–H and O–H groups in total. The Kier molecular flexibility index (Phi) is 8.57. The van der Waals surface area contributed by atoms with Crippen LogP contribution in [-0.2, 0) is 30.2 Å². The first-order valence-electron chi connectivity index (χ1n) is 11.1. The van der Waals surface area contributed by atoms with Crippen molar-refractivity contribution in [2.24, 2.45) is 5.92 Å². The summed E-state index contributed by atoms with van der Waals surface area (Å²) in [4.78, 5) is 12.4. The second kappa shape index (κ2) is 11.4. The van der Waals surface area contributed by atoms with Gasteiger partial charge in [-0.2, -0.15) is 26.3 Å². The minimum Gasteiger partial charge on any atom is -0.493 e. The Labute approximate surface area is 209 Å². The zero-order valence-electron chi connectivity index (χ0n) is 19.8. The number of anilines is 1. The molecule has 3 aromatic carbocycles. The van der Waals surface area contributed by atoms with E-state index in [2.05, 4.69) is 10.9 Å². The molecule has 3 rings (SSSR count). The molecule has 0 fully saturated rings. The van der Waals surface area contributed by atoms with E-state index in [-0.39, 0.29) is 23.5 Å². The lowest BCUT2D eigenvalue weighted by Crippen LogP contribution is -2.34. The summed E-state index contributed by atoms with van der Waals surface area (Å²) >= 11 is 0. The highest BCUT2D eigenvalue weighted by Crippen LogP contribution is 2.38. The third kappa shape index (κ3) is 7.55. The Morgan fingerprint density at radius 3 is 2.22 bits per heavy atom. The van der Waals surface area contributed by atoms with Crippen LogP contribution in [-0.4, -0.2) is 13.0 Å². The Balaban J connectivity index is 1.68. The molecule has 1 unspecified atom stereocenters. The van der Waals surface area contributed by atoms with E-state index in [0.717, 1.165) is 6.07 Å². The van der Waals surface area contributed by atoms with Gasteiger partial charge in [-0.05, 0) is 48.4 Å². The maximum Gasteiger partial charge on any atom is 0.416 e. The number of methoxy groups -OCH3 is 1. The number of hydrogen-bond donors (Lipinski definition) is 2. The number of alkyl halides is 6. The number of halogens is 6. The van der Waals surface area contributed by atoms with Gasteiger partial charge in [0.1, 0.15) is 6.61 Å². The van der Waals surface area contributed by atoms with Crippen LogP contribution in [0.2, 0.25) is 0 Å². The fourth-order valence-electron chi connectivity index (χ4n) is 3.48. The highest BCUT2D eigenvalue weighted by atomic mass is 19.4. The van der Waals surface area contributed by atoms with E-state index in [1.165, 1.54) is 13.2 Å². The van der Waals surface area contributed by atoms with E-state index in [0.29, 0.717) is 23.7 Å². The highest BCUT2D eigenvalue weighted by Gasteiger charge is 2.38. The van der Waals surface area contributed by atoms with Crippen LogP contribution in [0.15, 0.2) is 66.7 Å². The fourth-order valence-corrected chi connectivity index (χ4v) is 3.48. The molecule has 0 aliphatic rings. The minimum atomic E-state index is -5.00. The molecule has 5 nitrogen and oxygen atoms in total. The van der Waals surface area contributed by atoms with Gasteiger partial charge in [0.05, 0.1) is 23.9 Å². The fraction of sp³-hybridized carbons (Fsp3) is 0.269. The van der Waals surface area contributed by atoms with Crippen LogP contribution < -0.4 is 20.3 Å². The average molecular weight is 526 g/mol. The van der Waals surface area contributed by atoms with Gasteiger partial charge in [0.15, 0.2) is 11.5 Å². The van der Waals surface area contributed by atoms with Crippen molar-refractivity contribution < 1.29 is 40.6 Å². The second-order valence-corrected chi connectivity index (χ2v) is 8.23. The van der Waals surface area contributed by atoms with Crippen LogP contribution in [0.1, 0.15) is 29.2 Å². The number of nitrogens with one attached hydrogen (secondary N) is 2. The molecule has 0 saturated carbocycles. The standard InChI is InChI=1S/C26H24F6N2O3/c1-16(24(35)34-33-20-6-4-3-5-7-20)12-17-8-11-22(23(13-17)36-2)37-15-18-9-10-19(25(27,28)29)14-21(18)26(30,31)32/h3-11,13-14,16,33H,12,15H2,1-2H3,(H,34,35). The van der Waals surface area contributed by atoms with Crippen LogP contribution in [0.25, 0.3) is 0 Å². The van der Waals surface area contributed by atoms with Crippen molar-refractivity contribution in [2.75, 3.05) is 12.5 Å². The molecule has 3 aromatic rings. The first kappa shape index (κ1) is 27.7. The summed E-state index contributed by atoms with van der Waals surface area (Å²) in [6.07, 6.45) is -9.58. The van der Waals surface area contributed by atoms with Crippen LogP contribution in [0, 0.1) is 5.92 Å². The smallest absolute Gasteiger partial charge is 0.416 e. The van der Waals surface area contributed by atoms with Gasteiger partial charge in [0.25, 0.3) is 0 Å². The van der Waals surface area contributed by atoms with E-state index in [4.69, 9.17) is 9.47 Å². The topological polar surface area (TPSA) is 59.6 Å². The van der Waals surface area contributed by atoms with E-state index in [1.807, 2.05) is 18.2 Å². The van der Waals surface area contributed by atoms with Gasteiger partial charge in [-0.3, -0.25) is 15.6 Å². The molecule has 0 aliphatic carbocycles. The summed E-state index contributed by atoms with van der Waals surface area (Å²) in [5, 5.41) is 0. The summed E-state index contributed by atoms with van der Waals surface area (Å²) in [6.45, 7) is 1.09. The molecule has 0 spiro atoms. The molecule has 198 valence electrons. The van der Waals surface area contributed by atoms with Gasteiger partial charge in [0, 0.05) is 11.5 Å². The average Bonchev–Trinajstić information content (AvgIpc) is 2.85. The summed E-state index contributed by atoms with van der Waals surface area (Å²) < 4.78 is 89.6. The van der Waals surface area contributed by atoms with Gasteiger partial charge >= 0.3 is 12.4 Å². The van der Waals surface area contributed by atoms with Gasteiger partial charge in [-0.15, -0.1) is 0 Å². The number of rotatable bonds is 9. The van der Waals surface area contributed by atoms with Crippen LogP contribution in [0.3, 0.4) is 0 Å². The number of para-hydroxylation sites is 1. The molecule has 0 heterocycles. The normalized spacial score (nSPS) is 12.5. The molecule has 0 saturated heterocycles. The molecular weight excluding hydrogens is 502 g/mol. The minimum absolute atomic E-state index is 0.0676. The number of carbonyl (C=O) groups is 1. The molecule has 0 radical (unpaired) electrons. The van der Waals surface area contributed by atoms with E-state index >= 15 is 0 Å². The summed E-state index contributed by atoms with van der Waals surface area (Å²) in [7, 11) is 1.34. The van der Waals surface area contributed by atoms with Gasteiger partial charge in [-0.25, -0.2) is 0 Å². The lowest BCUT2D eigenvalue weighted by atomic mass is 10.00. The predicted molar refractivity (Wildman–Crippen MR) is 125 cm³/mol. The zero-order valence-corrected chi connectivity index (χ0v) is 19.8. The highest BCUT2D eigenvalue weighted by molar-refractivity contribution is 5.79. The van der Waals surface area contributed by atoms with Crippen LogP contribution in [0.4, 0.5) is 32.0 Å². The Morgan fingerprint density at radius 2 is 1.59 bits per heavy atom. The maximum atomic E-state index is 13.4. The van der Waals surface area contributed by atoms with Crippen molar-refractivity contribution in [2.45, 2.75) is 32.3 Å². The zero-order chi connectivity index (χ0) is 27.2. The van der Waals surface area contributed by atoms with Crippen LogP contribution >= 0.6 is 0 Å². The Bertz CT molecular complexity index is 1210. The summed E-state index contributed by atoms with van der Waals surface area (Å²) in [6, 6.07) is 15.1. The molecular formula is C26H24F6N2O3. The first-order valence-corrected chi connectivity index (χ1v) is 11.1. The number of benzene rings is 3. The molecule has 0 aromatic heterocycles. The van der Waals surface area contributed by atoms with Gasteiger partial charge in [-0.1, -0.05) is 37.3 Å². The first-order chi connectivity index (χ1) is 17.4. The molecule has 1 atom stereocenters. The SMILES string of the molecule is COc1cc(CC(C)C(=O)NNc2ccccc2)ccc1OCc1ccc(C(F)(F)F)cc1C(F)(F)F. The Hall–Kier alpha value is -3.89. The molecule has 37 heavy (non-hydrogen) atoms. The van der Waals surface area contributed by atoms with Crippen molar-refractivity contribution >= 4 is 11.6 Å². The van der Waals surface area contributed by atoms with E-state index < -0.39 is 41.6 Å².